The molecule has 1 N–H and O–H groups in total. The van der Waals surface area contributed by atoms with E-state index in [1.165, 1.54) is 18.2 Å². The fraction of sp³-hybridized carbons (Fsp3) is 0.161. The minimum atomic E-state index is -0.804. The molecule has 1 heterocycles. The van der Waals surface area contributed by atoms with Gasteiger partial charge in [-0.15, -0.1) is 0 Å². The second kappa shape index (κ2) is 10.5. The Hall–Kier alpha value is -4.52. The van der Waals surface area contributed by atoms with E-state index in [-0.39, 0.29) is 24.2 Å². The van der Waals surface area contributed by atoms with Crippen LogP contribution >= 0.6 is 0 Å². The molecule has 1 aliphatic heterocycles. The highest BCUT2D eigenvalue weighted by Crippen LogP contribution is 2.44. The summed E-state index contributed by atoms with van der Waals surface area (Å²) in [6.07, 6.45) is 0. The smallest absolute Gasteiger partial charge is 0.255 e. The van der Waals surface area contributed by atoms with E-state index in [1.54, 1.807) is 79.6 Å². The molecule has 0 fully saturated rings. The SMILES string of the molecule is COc1ccc([C@@H]2[C@@H](C(=O)Nc3ccc(C)c(F)c3)c3ccccc3C(=O)N2Cc2ccc(F)cc2)cc1. The fourth-order valence-corrected chi connectivity index (χ4v) is 4.90. The molecule has 4 aromatic carbocycles. The van der Waals surface area contributed by atoms with E-state index in [2.05, 4.69) is 5.32 Å². The number of fused-ring (bicyclic) bond motifs is 1. The lowest BCUT2D eigenvalue weighted by atomic mass is 9.79. The van der Waals surface area contributed by atoms with Crippen LogP contribution in [0.15, 0.2) is 91.0 Å². The topological polar surface area (TPSA) is 58.6 Å². The van der Waals surface area contributed by atoms with Crippen molar-refractivity contribution in [3.05, 3.63) is 130 Å². The number of hydrogen-bond acceptors (Lipinski definition) is 3. The molecule has 0 aromatic heterocycles. The number of nitrogens with one attached hydrogen (secondary N) is 1. The molecule has 5 rings (SSSR count). The number of nitrogens with zero attached hydrogens (tertiary/aromatic N) is 1. The van der Waals surface area contributed by atoms with Crippen molar-refractivity contribution in [1.29, 1.82) is 0 Å². The van der Waals surface area contributed by atoms with Gasteiger partial charge in [0.05, 0.1) is 19.1 Å². The number of aryl methyl sites for hydroxylation is 1. The first-order valence-electron chi connectivity index (χ1n) is 12.2. The van der Waals surface area contributed by atoms with Crippen molar-refractivity contribution < 1.29 is 23.1 Å². The molecule has 0 saturated carbocycles. The maximum absolute atomic E-state index is 14.3. The molecule has 2 atom stereocenters. The number of benzene rings is 4. The number of ether oxygens (including phenoxy) is 1. The van der Waals surface area contributed by atoms with E-state index in [4.69, 9.17) is 4.74 Å². The minimum Gasteiger partial charge on any atom is -0.497 e. The first kappa shape index (κ1) is 25.1. The number of carbonyl (C=O) groups excluding carboxylic acids is 2. The van der Waals surface area contributed by atoms with Crippen molar-refractivity contribution in [2.75, 3.05) is 12.4 Å². The zero-order valence-corrected chi connectivity index (χ0v) is 20.9. The molecule has 7 heteroatoms. The Kier molecular flexibility index (Phi) is 6.92. The largest absolute Gasteiger partial charge is 0.497 e. The summed E-state index contributed by atoms with van der Waals surface area (Å²) in [5.41, 5.74) is 3.24. The molecule has 0 saturated heterocycles. The molecule has 0 bridgehead atoms. The normalized spacial score (nSPS) is 16.6. The molecular weight excluding hydrogens is 486 g/mol. The number of carbonyl (C=O) groups is 2. The van der Waals surface area contributed by atoms with Crippen LogP contribution in [0.5, 0.6) is 5.75 Å². The van der Waals surface area contributed by atoms with Gasteiger partial charge in [-0.2, -0.15) is 0 Å². The third kappa shape index (κ3) is 4.87. The number of anilines is 1. The van der Waals surface area contributed by atoms with Gasteiger partial charge in [0, 0.05) is 17.8 Å². The van der Waals surface area contributed by atoms with E-state index < -0.39 is 17.8 Å². The summed E-state index contributed by atoms with van der Waals surface area (Å²) in [7, 11) is 1.56. The standard InChI is InChI=1S/C31H26F2N2O3/c1-19-7-14-23(17-27(19)33)34-30(36)28-25-5-3-4-6-26(25)31(37)35(18-20-8-12-22(32)13-9-20)29(28)21-10-15-24(38-2)16-11-21/h3-17,28-29H,18H2,1-2H3,(H,34,36)/t28-,29+/m0/s1. The Morgan fingerprint density at radius 2 is 1.66 bits per heavy atom. The lowest BCUT2D eigenvalue weighted by Gasteiger charge is -2.42. The van der Waals surface area contributed by atoms with Gasteiger partial charge in [0.25, 0.3) is 5.91 Å². The van der Waals surface area contributed by atoms with E-state index in [1.807, 2.05) is 12.1 Å². The molecule has 38 heavy (non-hydrogen) atoms. The summed E-state index contributed by atoms with van der Waals surface area (Å²) < 4.78 is 33.2. The summed E-state index contributed by atoms with van der Waals surface area (Å²) >= 11 is 0. The molecule has 2 amide bonds. The number of rotatable bonds is 6. The van der Waals surface area contributed by atoms with E-state index in [0.29, 0.717) is 28.1 Å². The Labute approximate surface area is 219 Å². The first-order valence-corrected chi connectivity index (χ1v) is 12.2. The minimum absolute atomic E-state index is 0.160. The third-order valence-corrected chi connectivity index (χ3v) is 6.88. The highest BCUT2D eigenvalue weighted by Gasteiger charge is 2.44. The van der Waals surface area contributed by atoms with Crippen LogP contribution in [0.1, 0.15) is 44.6 Å². The molecule has 1 aliphatic rings. The Bertz CT molecular complexity index is 1490. The highest BCUT2D eigenvalue weighted by atomic mass is 19.1. The van der Waals surface area contributed by atoms with Crippen molar-refractivity contribution in [1.82, 2.24) is 4.90 Å². The van der Waals surface area contributed by atoms with Crippen LogP contribution in [0.3, 0.4) is 0 Å². The maximum atomic E-state index is 14.3. The molecule has 0 unspecified atom stereocenters. The number of hydrogen-bond donors (Lipinski definition) is 1. The third-order valence-electron chi connectivity index (χ3n) is 6.88. The first-order chi connectivity index (χ1) is 18.4. The van der Waals surface area contributed by atoms with Crippen LogP contribution in [0.4, 0.5) is 14.5 Å². The van der Waals surface area contributed by atoms with Crippen LogP contribution in [-0.4, -0.2) is 23.8 Å². The van der Waals surface area contributed by atoms with Gasteiger partial charge in [0.1, 0.15) is 17.4 Å². The monoisotopic (exact) mass is 512 g/mol. The second-order valence-corrected chi connectivity index (χ2v) is 9.30. The molecular formula is C31H26F2N2O3. The van der Waals surface area contributed by atoms with Gasteiger partial charge in [-0.05, 0) is 71.6 Å². The predicted molar refractivity (Wildman–Crippen MR) is 141 cm³/mol. The van der Waals surface area contributed by atoms with Gasteiger partial charge in [-0.25, -0.2) is 8.78 Å². The molecule has 4 aromatic rings. The molecule has 0 radical (unpaired) electrons. The van der Waals surface area contributed by atoms with Crippen molar-refractivity contribution in [3.63, 3.8) is 0 Å². The summed E-state index contributed by atoms with van der Waals surface area (Å²) in [4.78, 5) is 29.4. The van der Waals surface area contributed by atoms with E-state index in [0.717, 1.165) is 11.1 Å². The predicted octanol–water partition coefficient (Wildman–Crippen LogP) is 6.40. The van der Waals surface area contributed by atoms with Crippen molar-refractivity contribution >= 4 is 17.5 Å². The average Bonchev–Trinajstić information content (AvgIpc) is 2.93. The summed E-state index contributed by atoms with van der Waals surface area (Å²) in [6, 6.07) is 24.0. The van der Waals surface area contributed by atoms with Gasteiger partial charge >= 0.3 is 0 Å². The van der Waals surface area contributed by atoms with Crippen LogP contribution in [0, 0.1) is 18.6 Å². The lowest BCUT2D eigenvalue weighted by molar-refractivity contribution is -0.119. The van der Waals surface area contributed by atoms with Crippen LogP contribution in [-0.2, 0) is 11.3 Å². The van der Waals surface area contributed by atoms with E-state index in [9.17, 15) is 18.4 Å². The molecule has 5 nitrogen and oxygen atoms in total. The molecule has 0 spiro atoms. The van der Waals surface area contributed by atoms with Crippen molar-refractivity contribution in [2.45, 2.75) is 25.4 Å². The van der Waals surface area contributed by atoms with E-state index >= 15 is 0 Å². The van der Waals surface area contributed by atoms with Gasteiger partial charge in [0.15, 0.2) is 0 Å². The van der Waals surface area contributed by atoms with Crippen LogP contribution in [0.25, 0.3) is 0 Å². The van der Waals surface area contributed by atoms with Crippen LogP contribution in [0.2, 0.25) is 0 Å². The summed E-state index contributed by atoms with van der Waals surface area (Å²) in [5.74, 6) is -1.58. The zero-order valence-electron chi connectivity index (χ0n) is 20.9. The summed E-state index contributed by atoms with van der Waals surface area (Å²) in [6.45, 7) is 1.81. The highest BCUT2D eigenvalue weighted by molar-refractivity contribution is 6.04. The van der Waals surface area contributed by atoms with Crippen molar-refractivity contribution in [2.24, 2.45) is 0 Å². The zero-order chi connectivity index (χ0) is 26.8. The van der Waals surface area contributed by atoms with Gasteiger partial charge < -0.3 is 15.0 Å². The number of halogens is 2. The quantitative estimate of drug-likeness (QED) is 0.325. The second-order valence-electron chi connectivity index (χ2n) is 9.30. The Morgan fingerprint density at radius 1 is 0.947 bits per heavy atom. The van der Waals surface area contributed by atoms with Crippen molar-refractivity contribution in [3.8, 4) is 5.75 Å². The van der Waals surface area contributed by atoms with Gasteiger partial charge in [-0.3, -0.25) is 9.59 Å². The average molecular weight is 513 g/mol. The Balaban J connectivity index is 1.63. The molecule has 192 valence electrons. The van der Waals surface area contributed by atoms with Crippen LogP contribution < -0.4 is 10.1 Å². The number of methoxy groups -OCH3 is 1. The lowest BCUT2D eigenvalue weighted by Crippen LogP contribution is -2.45. The number of amides is 2. The molecule has 0 aliphatic carbocycles. The Morgan fingerprint density at radius 3 is 2.34 bits per heavy atom. The maximum Gasteiger partial charge on any atom is 0.255 e. The van der Waals surface area contributed by atoms with Gasteiger partial charge in [-0.1, -0.05) is 48.5 Å². The summed E-state index contributed by atoms with van der Waals surface area (Å²) in [5, 5.41) is 2.86. The fourth-order valence-electron chi connectivity index (χ4n) is 4.90. The van der Waals surface area contributed by atoms with Gasteiger partial charge in [0.2, 0.25) is 5.91 Å².